The summed E-state index contributed by atoms with van der Waals surface area (Å²) in [6, 6.07) is 19.9. The highest BCUT2D eigenvalue weighted by Gasteiger charge is 2.30. The van der Waals surface area contributed by atoms with E-state index in [1.165, 1.54) is 16.7 Å². The van der Waals surface area contributed by atoms with Crippen LogP contribution in [0.1, 0.15) is 11.6 Å². The maximum absolute atomic E-state index is 5.46. The predicted octanol–water partition coefficient (Wildman–Crippen LogP) is 2.45. The van der Waals surface area contributed by atoms with Crippen molar-refractivity contribution in [2.24, 2.45) is 5.92 Å². The maximum Gasteiger partial charge on any atom is 0.0594 e. The summed E-state index contributed by atoms with van der Waals surface area (Å²) in [5.74, 6) is 0.589. The van der Waals surface area contributed by atoms with Gasteiger partial charge in [0.1, 0.15) is 0 Å². The minimum absolute atomic E-state index is 0.373. The van der Waals surface area contributed by atoms with Crippen LogP contribution < -0.4 is 10.9 Å². The number of morpholine rings is 1. The fraction of sp³-hybridized carbons (Fsp3) is 0.400. The molecule has 2 N–H and O–H groups in total. The number of nitrogens with zero attached hydrogens (tertiary/aromatic N) is 1. The molecular formula is C20H25N3O. The second-order valence-electron chi connectivity index (χ2n) is 6.66. The van der Waals surface area contributed by atoms with E-state index in [0.29, 0.717) is 12.0 Å². The van der Waals surface area contributed by atoms with Gasteiger partial charge in [-0.3, -0.25) is 10.3 Å². The highest BCUT2D eigenvalue weighted by atomic mass is 16.5. The Morgan fingerprint density at radius 3 is 2.38 bits per heavy atom. The van der Waals surface area contributed by atoms with Gasteiger partial charge in [-0.05, 0) is 16.7 Å². The normalized spacial score (nSPS) is 25.0. The van der Waals surface area contributed by atoms with Crippen molar-refractivity contribution in [1.82, 2.24) is 15.8 Å². The van der Waals surface area contributed by atoms with Crippen molar-refractivity contribution in [2.75, 3.05) is 39.4 Å². The Kier molecular flexibility index (Phi) is 4.90. The van der Waals surface area contributed by atoms with Gasteiger partial charge in [0.15, 0.2) is 0 Å². The first-order chi connectivity index (χ1) is 11.9. The number of hydrogen-bond donors (Lipinski definition) is 2. The fourth-order valence-electron chi connectivity index (χ4n) is 3.69. The first-order valence-corrected chi connectivity index (χ1v) is 8.84. The van der Waals surface area contributed by atoms with Gasteiger partial charge >= 0.3 is 0 Å². The molecular weight excluding hydrogens is 298 g/mol. The smallest absolute Gasteiger partial charge is 0.0594 e. The van der Waals surface area contributed by atoms with Crippen molar-refractivity contribution in [3.63, 3.8) is 0 Å². The average Bonchev–Trinajstić information content (AvgIpc) is 3.11. The van der Waals surface area contributed by atoms with E-state index < -0.39 is 0 Å². The molecule has 0 aromatic heterocycles. The van der Waals surface area contributed by atoms with Crippen LogP contribution in [0.4, 0.5) is 0 Å². The highest BCUT2D eigenvalue weighted by Crippen LogP contribution is 2.28. The molecule has 0 amide bonds. The Hall–Kier alpha value is -1.72. The average molecular weight is 323 g/mol. The lowest BCUT2D eigenvalue weighted by atomic mass is 9.93. The van der Waals surface area contributed by atoms with Gasteiger partial charge in [0.05, 0.1) is 19.3 Å². The molecule has 2 aliphatic heterocycles. The second kappa shape index (κ2) is 7.45. The molecule has 2 aromatic carbocycles. The van der Waals surface area contributed by atoms with Gasteiger partial charge in [-0.25, -0.2) is 5.43 Å². The van der Waals surface area contributed by atoms with Crippen LogP contribution in [-0.4, -0.2) is 44.3 Å². The molecule has 2 unspecified atom stereocenters. The van der Waals surface area contributed by atoms with Crippen LogP contribution in [0.15, 0.2) is 54.6 Å². The largest absolute Gasteiger partial charge is 0.379 e. The molecule has 0 saturated carbocycles. The van der Waals surface area contributed by atoms with Gasteiger partial charge in [0, 0.05) is 32.1 Å². The molecule has 0 aliphatic carbocycles. The Bertz CT molecular complexity index is 638. The van der Waals surface area contributed by atoms with E-state index in [1.54, 1.807) is 0 Å². The number of rotatable bonds is 4. The minimum atomic E-state index is 0.373. The summed E-state index contributed by atoms with van der Waals surface area (Å²) in [4.78, 5) is 2.52. The molecule has 2 saturated heterocycles. The zero-order valence-corrected chi connectivity index (χ0v) is 13.9. The van der Waals surface area contributed by atoms with Gasteiger partial charge in [0.2, 0.25) is 0 Å². The van der Waals surface area contributed by atoms with Crippen LogP contribution >= 0.6 is 0 Å². The van der Waals surface area contributed by atoms with Crippen LogP contribution in [0.2, 0.25) is 0 Å². The number of hydrogen-bond acceptors (Lipinski definition) is 4. The number of benzene rings is 2. The van der Waals surface area contributed by atoms with Crippen molar-refractivity contribution in [2.45, 2.75) is 6.04 Å². The lowest BCUT2D eigenvalue weighted by Crippen LogP contribution is -2.40. The van der Waals surface area contributed by atoms with Gasteiger partial charge in [-0.2, -0.15) is 0 Å². The molecule has 2 aromatic rings. The van der Waals surface area contributed by atoms with Crippen LogP contribution in [0, 0.1) is 5.92 Å². The third kappa shape index (κ3) is 3.52. The standard InChI is InChI=1S/C20H25N3O/c1-2-4-16(5-3-1)17-6-8-18(9-7-17)20-19(14-21-22-20)15-23-10-12-24-13-11-23/h1-9,19-22H,10-15H2. The molecule has 126 valence electrons. The number of nitrogens with one attached hydrogen (secondary N) is 2. The molecule has 2 fully saturated rings. The molecule has 2 atom stereocenters. The highest BCUT2D eigenvalue weighted by molar-refractivity contribution is 5.63. The molecule has 0 bridgehead atoms. The van der Waals surface area contributed by atoms with Gasteiger partial charge in [-0.15, -0.1) is 0 Å². The lowest BCUT2D eigenvalue weighted by molar-refractivity contribution is 0.0305. The van der Waals surface area contributed by atoms with E-state index in [4.69, 9.17) is 4.74 Å². The monoisotopic (exact) mass is 323 g/mol. The Morgan fingerprint density at radius 2 is 1.62 bits per heavy atom. The Morgan fingerprint density at radius 1 is 0.917 bits per heavy atom. The second-order valence-corrected chi connectivity index (χ2v) is 6.66. The Balaban J connectivity index is 1.46. The van der Waals surface area contributed by atoms with Gasteiger partial charge in [-0.1, -0.05) is 54.6 Å². The predicted molar refractivity (Wildman–Crippen MR) is 96.5 cm³/mol. The summed E-state index contributed by atoms with van der Waals surface area (Å²) in [6.45, 7) is 5.97. The molecule has 4 heteroatoms. The van der Waals surface area contributed by atoms with Crippen molar-refractivity contribution >= 4 is 0 Å². The summed E-state index contributed by atoms with van der Waals surface area (Å²) in [5.41, 5.74) is 10.7. The summed E-state index contributed by atoms with van der Waals surface area (Å²) in [6.07, 6.45) is 0. The summed E-state index contributed by atoms with van der Waals surface area (Å²) < 4.78 is 5.46. The van der Waals surface area contributed by atoms with Crippen LogP contribution in [-0.2, 0) is 4.74 Å². The van der Waals surface area contributed by atoms with Crippen molar-refractivity contribution < 1.29 is 4.74 Å². The molecule has 2 heterocycles. The van der Waals surface area contributed by atoms with E-state index >= 15 is 0 Å². The van der Waals surface area contributed by atoms with E-state index in [-0.39, 0.29) is 0 Å². The summed E-state index contributed by atoms with van der Waals surface area (Å²) in [7, 11) is 0. The van der Waals surface area contributed by atoms with Crippen LogP contribution in [0.3, 0.4) is 0 Å². The summed E-state index contributed by atoms with van der Waals surface area (Å²) in [5, 5.41) is 0. The zero-order chi connectivity index (χ0) is 16.2. The fourth-order valence-corrected chi connectivity index (χ4v) is 3.69. The van der Waals surface area contributed by atoms with Crippen molar-refractivity contribution in [1.29, 1.82) is 0 Å². The number of ether oxygens (including phenoxy) is 1. The molecule has 4 nitrogen and oxygen atoms in total. The van der Waals surface area contributed by atoms with Crippen LogP contribution in [0.5, 0.6) is 0 Å². The van der Waals surface area contributed by atoms with Gasteiger partial charge < -0.3 is 4.74 Å². The quantitative estimate of drug-likeness (QED) is 0.906. The lowest BCUT2D eigenvalue weighted by Gasteiger charge is -2.30. The minimum Gasteiger partial charge on any atom is -0.379 e. The first-order valence-electron chi connectivity index (χ1n) is 8.84. The Labute approximate surface area is 143 Å². The third-order valence-electron chi connectivity index (χ3n) is 5.07. The van der Waals surface area contributed by atoms with Crippen molar-refractivity contribution in [3.8, 4) is 11.1 Å². The van der Waals surface area contributed by atoms with E-state index in [1.807, 2.05) is 0 Å². The maximum atomic E-state index is 5.46. The molecule has 0 spiro atoms. The van der Waals surface area contributed by atoms with E-state index in [2.05, 4.69) is 70.3 Å². The SMILES string of the molecule is c1ccc(-c2ccc(C3NNCC3CN3CCOCC3)cc2)cc1. The topological polar surface area (TPSA) is 36.5 Å². The summed E-state index contributed by atoms with van der Waals surface area (Å²) >= 11 is 0. The number of hydrazine groups is 1. The first kappa shape index (κ1) is 15.8. The molecule has 4 rings (SSSR count). The van der Waals surface area contributed by atoms with Crippen LogP contribution in [0.25, 0.3) is 11.1 Å². The zero-order valence-electron chi connectivity index (χ0n) is 13.9. The molecule has 2 aliphatic rings. The molecule has 24 heavy (non-hydrogen) atoms. The van der Waals surface area contributed by atoms with Gasteiger partial charge in [0.25, 0.3) is 0 Å². The van der Waals surface area contributed by atoms with E-state index in [9.17, 15) is 0 Å². The third-order valence-corrected chi connectivity index (χ3v) is 5.07. The van der Waals surface area contributed by atoms with E-state index in [0.717, 1.165) is 39.4 Å². The molecule has 0 radical (unpaired) electrons. The van der Waals surface area contributed by atoms with Crippen molar-refractivity contribution in [3.05, 3.63) is 60.2 Å².